The molecule has 0 saturated carbocycles. The first-order valence-electron chi connectivity index (χ1n) is 6.74. The quantitative estimate of drug-likeness (QED) is 0.679. The summed E-state index contributed by atoms with van der Waals surface area (Å²) in [5, 5.41) is 8.46. The smallest absolute Gasteiger partial charge is 0.152 e. The minimum Gasteiger partial charge on any atom is -0.298 e. The number of carbonyl (C=O) groups excluding carboxylic acids is 1. The van der Waals surface area contributed by atoms with Crippen molar-refractivity contribution in [3.05, 3.63) is 71.9 Å². The van der Waals surface area contributed by atoms with Crippen LogP contribution < -0.4 is 0 Å². The Hall–Kier alpha value is -2.81. The molecule has 3 heteroatoms. The molecule has 0 aliphatic rings. The molecule has 3 aromatic rings. The van der Waals surface area contributed by atoms with Crippen LogP contribution in [-0.4, -0.2) is 16.5 Å². The van der Waals surface area contributed by atoms with Gasteiger partial charge in [0.25, 0.3) is 0 Å². The van der Waals surface area contributed by atoms with E-state index in [-0.39, 0.29) is 0 Å². The zero-order chi connectivity index (χ0) is 14.7. The van der Waals surface area contributed by atoms with Crippen molar-refractivity contribution in [2.24, 2.45) is 0 Å². The number of carbonyl (C=O) groups is 1. The molecule has 0 amide bonds. The van der Waals surface area contributed by atoms with Crippen LogP contribution in [0.1, 0.15) is 16.1 Å². The normalized spacial score (nSPS) is 10.3. The van der Waals surface area contributed by atoms with Crippen molar-refractivity contribution in [3.63, 3.8) is 0 Å². The number of aldehydes is 1. The zero-order valence-corrected chi connectivity index (χ0v) is 11.7. The van der Waals surface area contributed by atoms with Gasteiger partial charge in [-0.2, -0.15) is 5.10 Å². The summed E-state index contributed by atoms with van der Waals surface area (Å²) in [5.74, 6) is 0. The minimum atomic E-state index is 0.593. The molecule has 102 valence electrons. The SMILES string of the molecule is Cc1nnc(-c2ccccc2)c(-c2ccccc2)c1C=O. The lowest BCUT2D eigenvalue weighted by molar-refractivity contribution is 0.112. The van der Waals surface area contributed by atoms with Gasteiger partial charge in [0.15, 0.2) is 6.29 Å². The second-order valence-corrected chi connectivity index (χ2v) is 4.77. The Balaban J connectivity index is 2.34. The molecule has 1 aromatic heterocycles. The van der Waals surface area contributed by atoms with Gasteiger partial charge in [-0.3, -0.25) is 4.79 Å². The third-order valence-corrected chi connectivity index (χ3v) is 3.42. The second-order valence-electron chi connectivity index (χ2n) is 4.77. The fraction of sp³-hybridized carbons (Fsp3) is 0.0556. The lowest BCUT2D eigenvalue weighted by atomic mass is 9.95. The van der Waals surface area contributed by atoms with E-state index in [1.54, 1.807) is 6.92 Å². The van der Waals surface area contributed by atoms with Crippen LogP contribution in [0.15, 0.2) is 60.7 Å². The van der Waals surface area contributed by atoms with Crippen LogP contribution in [-0.2, 0) is 0 Å². The summed E-state index contributed by atoms with van der Waals surface area (Å²) in [6.45, 7) is 1.80. The van der Waals surface area contributed by atoms with Gasteiger partial charge < -0.3 is 0 Å². The van der Waals surface area contributed by atoms with Gasteiger partial charge in [-0.15, -0.1) is 5.10 Å². The van der Waals surface area contributed by atoms with Crippen molar-refractivity contribution in [1.29, 1.82) is 0 Å². The highest BCUT2D eigenvalue weighted by Crippen LogP contribution is 2.33. The summed E-state index contributed by atoms with van der Waals surface area (Å²) in [6.07, 6.45) is 0.860. The van der Waals surface area contributed by atoms with Gasteiger partial charge in [0.05, 0.1) is 5.69 Å². The highest BCUT2D eigenvalue weighted by Gasteiger charge is 2.16. The molecule has 0 unspecified atom stereocenters. The lowest BCUT2D eigenvalue weighted by Crippen LogP contribution is -2.02. The fourth-order valence-corrected chi connectivity index (χ4v) is 2.38. The largest absolute Gasteiger partial charge is 0.298 e. The Morgan fingerprint density at radius 1 is 0.810 bits per heavy atom. The first-order valence-corrected chi connectivity index (χ1v) is 6.74. The Kier molecular flexibility index (Phi) is 3.56. The number of aryl methyl sites for hydroxylation is 1. The molecule has 0 spiro atoms. The monoisotopic (exact) mass is 274 g/mol. The van der Waals surface area contributed by atoms with Crippen LogP contribution in [0.5, 0.6) is 0 Å². The summed E-state index contributed by atoms with van der Waals surface area (Å²) in [4.78, 5) is 11.5. The molecule has 2 aromatic carbocycles. The van der Waals surface area contributed by atoms with Crippen LogP contribution in [0.25, 0.3) is 22.4 Å². The van der Waals surface area contributed by atoms with E-state index in [9.17, 15) is 4.79 Å². The zero-order valence-electron chi connectivity index (χ0n) is 11.7. The van der Waals surface area contributed by atoms with Gasteiger partial charge in [-0.1, -0.05) is 60.7 Å². The summed E-state index contributed by atoms with van der Waals surface area (Å²) in [5.41, 5.74) is 4.72. The van der Waals surface area contributed by atoms with E-state index in [4.69, 9.17) is 0 Å². The molecule has 3 nitrogen and oxygen atoms in total. The van der Waals surface area contributed by atoms with Crippen molar-refractivity contribution in [2.75, 3.05) is 0 Å². The van der Waals surface area contributed by atoms with Gasteiger partial charge in [0.1, 0.15) is 5.69 Å². The van der Waals surface area contributed by atoms with E-state index < -0.39 is 0 Å². The number of aromatic nitrogens is 2. The first-order chi connectivity index (χ1) is 10.3. The van der Waals surface area contributed by atoms with Crippen LogP contribution >= 0.6 is 0 Å². The third kappa shape index (κ3) is 2.46. The molecule has 21 heavy (non-hydrogen) atoms. The minimum absolute atomic E-state index is 0.593. The molecule has 0 aliphatic heterocycles. The van der Waals surface area contributed by atoms with Gasteiger partial charge in [-0.05, 0) is 12.5 Å². The fourth-order valence-electron chi connectivity index (χ4n) is 2.38. The van der Waals surface area contributed by atoms with Crippen molar-refractivity contribution in [2.45, 2.75) is 6.92 Å². The number of nitrogens with zero attached hydrogens (tertiary/aromatic N) is 2. The van der Waals surface area contributed by atoms with Crippen LogP contribution in [0.3, 0.4) is 0 Å². The molecule has 1 heterocycles. The summed E-state index contributed by atoms with van der Waals surface area (Å²) >= 11 is 0. The second kappa shape index (κ2) is 5.67. The molecule has 0 bridgehead atoms. The van der Waals surface area contributed by atoms with Gasteiger partial charge in [-0.25, -0.2) is 0 Å². The highest BCUT2D eigenvalue weighted by molar-refractivity contribution is 5.95. The molecule has 0 radical (unpaired) electrons. The average molecular weight is 274 g/mol. The summed E-state index contributed by atoms with van der Waals surface area (Å²) < 4.78 is 0. The molecule has 0 aliphatic carbocycles. The lowest BCUT2D eigenvalue weighted by Gasteiger charge is -2.12. The van der Waals surface area contributed by atoms with Crippen molar-refractivity contribution >= 4 is 6.29 Å². The number of hydrogen-bond acceptors (Lipinski definition) is 3. The maximum atomic E-state index is 11.5. The number of benzene rings is 2. The maximum Gasteiger partial charge on any atom is 0.152 e. The predicted octanol–water partition coefficient (Wildman–Crippen LogP) is 3.93. The summed E-state index contributed by atoms with van der Waals surface area (Å²) in [7, 11) is 0. The number of rotatable bonds is 3. The van der Waals surface area contributed by atoms with E-state index in [0.717, 1.165) is 28.7 Å². The molecule has 0 atom stereocenters. The van der Waals surface area contributed by atoms with E-state index >= 15 is 0 Å². The van der Waals surface area contributed by atoms with E-state index in [2.05, 4.69) is 10.2 Å². The average Bonchev–Trinajstić information content (AvgIpc) is 2.56. The molecule has 0 N–H and O–H groups in total. The number of hydrogen-bond donors (Lipinski definition) is 0. The molecule has 0 saturated heterocycles. The van der Waals surface area contributed by atoms with Crippen LogP contribution in [0, 0.1) is 6.92 Å². The van der Waals surface area contributed by atoms with Gasteiger partial charge in [0, 0.05) is 16.7 Å². The molecule has 0 fully saturated rings. The Morgan fingerprint density at radius 2 is 1.38 bits per heavy atom. The Morgan fingerprint density at radius 3 is 1.95 bits per heavy atom. The standard InChI is InChI=1S/C18H14N2O/c1-13-16(12-21)17(14-8-4-2-5-9-14)18(20-19-13)15-10-6-3-7-11-15/h2-12H,1H3. The van der Waals surface area contributed by atoms with Crippen molar-refractivity contribution < 1.29 is 4.79 Å². The van der Waals surface area contributed by atoms with Crippen molar-refractivity contribution in [1.82, 2.24) is 10.2 Å². The van der Waals surface area contributed by atoms with Crippen LogP contribution in [0.2, 0.25) is 0 Å². The molecular weight excluding hydrogens is 260 g/mol. The Labute approximate surface area is 123 Å². The molecule has 3 rings (SSSR count). The topological polar surface area (TPSA) is 42.9 Å². The Bertz CT molecular complexity index is 768. The third-order valence-electron chi connectivity index (χ3n) is 3.42. The maximum absolute atomic E-state index is 11.5. The van der Waals surface area contributed by atoms with E-state index in [1.165, 1.54) is 0 Å². The predicted molar refractivity (Wildman–Crippen MR) is 83.0 cm³/mol. The highest BCUT2D eigenvalue weighted by atomic mass is 16.1. The first kappa shape index (κ1) is 13.2. The van der Waals surface area contributed by atoms with E-state index in [1.807, 2.05) is 60.7 Å². The van der Waals surface area contributed by atoms with Gasteiger partial charge in [0.2, 0.25) is 0 Å². The summed E-state index contributed by atoms with van der Waals surface area (Å²) in [6, 6.07) is 19.6. The van der Waals surface area contributed by atoms with Crippen LogP contribution in [0.4, 0.5) is 0 Å². The van der Waals surface area contributed by atoms with E-state index in [0.29, 0.717) is 11.3 Å². The van der Waals surface area contributed by atoms with Crippen molar-refractivity contribution in [3.8, 4) is 22.4 Å². The van der Waals surface area contributed by atoms with Gasteiger partial charge >= 0.3 is 0 Å². The molecular formula is C18H14N2O.